The summed E-state index contributed by atoms with van der Waals surface area (Å²) in [5.74, 6) is -0.308. The summed E-state index contributed by atoms with van der Waals surface area (Å²) in [5.41, 5.74) is 6.74. The van der Waals surface area contributed by atoms with Gasteiger partial charge in [0, 0.05) is 47.0 Å². The lowest BCUT2D eigenvalue weighted by atomic mass is 10.1. The molecule has 0 aliphatic heterocycles. The van der Waals surface area contributed by atoms with E-state index in [2.05, 4.69) is 33.4 Å². The van der Waals surface area contributed by atoms with Crippen molar-refractivity contribution in [2.24, 2.45) is 0 Å². The van der Waals surface area contributed by atoms with Gasteiger partial charge in [-0.1, -0.05) is 60.7 Å². The van der Waals surface area contributed by atoms with Crippen molar-refractivity contribution in [1.82, 2.24) is 0 Å². The van der Waals surface area contributed by atoms with Gasteiger partial charge in [0.15, 0.2) is 0 Å². The highest BCUT2D eigenvalue weighted by molar-refractivity contribution is 6.05. The van der Waals surface area contributed by atoms with E-state index < -0.39 is 0 Å². The van der Waals surface area contributed by atoms with Crippen LogP contribution in [0.5, 0.6) is 0 Å². The van der Waals surface area contributed by atoms with Gasteiger partial charge in [-0.2, -0.15) is 0 Å². The fourth-order valence-corrected chi connectivity index (χ4v) is 4.17. The molecule has 0 aromatic heterocycles. The maximum absolute atomic E-state index is 12.9. The number of rotatable bonds is 10. The van der Waals surface area contributed by atoms with Crippen LogP contribution in [-0.2, 0) is 13.1 Å². The number of anilines is 4. The smallest absolute Gasteiger partial charge is 0.255 e. The quantitative estimate of drug-likeness (QED) is 0.153. The molecule has 0 bridgehead atoms. The average molecular weight is 527 g/mol. The Hall–Kier alpha value is -5.36. The Morgan fingerprint density at radius 3 is 1.43 bits per heavy atom. The molecule has 4 N–H and O–H groups in total. The molecule has 0 heterocycles. The highest BCUT2D eigenvalue weighted by atomic mass is 16.2. The van der Waals surface area contributed by atoms with E-state index in [0.29, 0.717) is 17.7 Å². The number of hydrogen-bond acceptors (Lipinski definition) is 4. The van der Waals surface area contributed by atoms with Crippen molar-refractivity contribution >= 4 is 34.6 Å². The molecule has 0 radical (unpaired) electrons. The van der Waals surface area contributed by atoms with Crippen LogP contribution in [-0.4, -0.2) is 11.8 Å². The maximum atomic E-state index is 12.9. The summed E-state index contributed by atoms with van der Waals surface area (Å²) < 4.78 is 0. The van der Waals surface area contributed by atoms with Crippen molar-refractivity contribution in [3.05, 3.63) is 156 Å². The van der Waals surface area contributed by atoms with Gasteiger partial charge in [-0.3, -0.25) is 9.59 Å². The molecule has 6 heteroatoms. The molecule has 5 rings (SSSR count). The maximum Gasteiger partial charge on any atom is 0.255 e. The molecule has 0 saturated heterocycles. The molecule has 5 aromatic carbocycles. The number of benzene rings is 5. The fourth-order valence-electron chi connectivity index (χ4n) is 4.17. The highest BCUT2D eigenvalue weighted by Crippen LogP contribution is 2.18. The second kappa shape index (κ2) is 12.9. The minimum atomic E-state index is -0.162. The molecule has 198 valence electrons. The van der Waals surface area contributed by atoms with Crippen molar-refractivity contribution < 1.29 is 9.59 Å². The lowest BCUT2D eigenvalue weighted by Gasteiger charge is -2.11. The van der Waals surface area contributed by atoms with Gasteiger partial charge in [0.05, 0.1) is 0 Å². The van der Waals surface area contributed by atoms with Crippen LogP contribution in [0.25, 0.3) is 0 Å². The number of nitrogens with one attached hydrogen (secondary N) is 4. The van der Waals surface area contributed by atoms with Crippen molar-refractivity contribution in [2.45, 2.75) is 13.1 Å². The number of carbonyl (C=O) groups excluding carboxylic acids is 2. The monoisotopic (exact) mass is 526 g/mol. The summed E-state index contributed by atoms with van der Waals surface area (Å²) in [6.07, 6.45) is 0. The molecule has 6 nitrogen and oxygen atoms in total. The molecule has 0 saturated carbocycles. The molecular formula is C34H30N4O2. The first-order valence-corrected chi connectivity index (χ1v) is 13.1. The molecule has 5 aromatic rings. The topological polar surface area (TPSA) is 82.3 Å². The van der Waals surface area contributed by atoms with Crippen LogP contribution in [0.15, 0.2) is 133 Å². The molecule has 2 amide bonds. The van der Waals surface area contributed by atoms with E-state index >= 15 is 0 Å². The van der Waals surface area contributed by atoms with E-state index in [1.807, 2.05) is 103 Å². The van der Waals surface area contributed by atoms with Crippen molar-refractivity contribution in [3.8, 4) is 0 Å². The van der Waals surface area contributed by atoms with Crippen molar-refractivity contribution in [2.75, 3.05) is 21.3 Å². The van der Waals surface area contributed by atoms with Gasteiger partial charge >= 0.3 is 0 Å². The lowest BCUT2D eigenvalue weighted by Crippen LogP contribution is -2.12. The first-order chi connectivity index (χ1) is 19.6. The first-order valence-electron chi connectivity index (χ1n) is 13.1. The molecule has 0 spiro atoms. The third-order valence-corrected chi connectivity index (χ3v) is 6.35. The van der Waals surface area contributed by atoms with Gasteiger partial charge in [0.2, 0.25) is 0 Å². The van der Waals surface area contributed by atoms with Gasteiger partial charge in [0.25, 0.3) is 11.8 Å². The molecule has 0 unspecified atom stereocenters. The highest BCUT2D eigenvalue weighted by Gasteiger charge is 2.08. The van der Waals surface area contributed by atoms with Gasteiger partial charge in [0.1, 0.15) is 0 Å². The number of amides is 2. The second-order valence-electron chi connectivity index (χ2n) is 9.32. The standard InChI is InChI=1S/C34H30N4O2/c39-33(27-11-5-2-6-12-27)37-31-18-16-30(17-19-31)36-24-26-10-7-13-28(22-26)34(40)38-32-20-14-29(15-21-32)35-23-25-8-3-1-4-9-25/h1-22,35-36H,23-24H2,(H,37,39)(H,38,40). The zero-order valence-corrected chi connectivity index (χ0v) is 21.9. The fraction of sp³-hybridized carbons (Fsp3) is 0.0588. The molecule has 0 fully saturated rings. The van der Waals surface area contributed by atoms with Gasteiger partial charge in [-0.25, -0.2) is 0 Å². The summed E-state index contributed by atoms with van der Waals surface area (Å²) in [7, 11) is 0. The summed E-state index contributed by atoms with van der Waals surface area (Å²) in [6.45, 7) is 1.29. The molecule has 0 aliphatic carbocycles. The van der Waals surface area contributed by atoms with Crippen molar-refractivity contribution in [3.63, 3.8) is 0 Å². The van der Waals surface area contributed by atoms with Crippen LogP contribution in [0, 0.1) is 0 Å². The Kier molecular flexibility index (Phi) is 8.49. The predicted molar refractivity (Wildman–Crippen MR) is 163 cm³/mol. The molecule has 0 aliphatic rings. The van der Waals surface area contributed by atoms with Gasteiger partial charge < -0.3 is 21.3 Å². The normalized spacial score (nSPS) is 10.4. The summed E-state index contributed by atoms with van der Waals surface area (Å²) in [4.78, 5) is 25.2. The first kappa shape index (κ1) is 26.3. The summed E-state index contributed by atoms with van der Waals surface area (Å²) in [6, 6.07) is 42.1. The number of carbonyl (C=O) groups is 2. The van der Waals surface area contributed by atoms with Crippen LogP contribution in [0.2, 0.25) is 0 Å². The van der Waals surface area contributed by atoms with Crippen LogP contribution in [0.3, 0.4) is 0 Å². The molecule has 40 heavy (non-hydrogen) atoms. The Morgan fingerprint density at radius 1 is 0.425 bits per heavy atom. The Morgan fingerprint density at radius 2 is 0.850 bits per heavy atom. The molecule has 0 atom stereocenters. The van der Waals surface area contributed by atoms with Crippen LogP contribution >= 0.6 is 0 Å². The minimum Gasteiger partial charge on any atom is -0.381 e. The van der Waals surface area contributed by atoms with E-state index in [0.717, 1.165) is 34.9 Å². The van der Waals surface area contributed by atoms with Crippen LogP contribution in [0.1, 0.15) is 31.8 Å². The third kappa shape index (κ3) is 7.36. The Balaban J connectivity index is 1.11. The van der Waals surface area contributed by atoms with Crippen LogP contribution in [0.4, 0.5) is 22.7 Å². The SMILES string of the molecule is O=C(Nc1ccc(NCc2cccc(C(=O)Nc3ccc(NCc4ccccc4)cc3)c2)cc1)c1ccccc1. The van der Waals surface area contributed by atoms with E-state index in [1.165, 1.54) is 5.56 Å². The average Bonchev–Trinajstić information content (AvgIpc) is 3.01. The Bertz CT molecular complexity index is 1550. The zero-order chi connectivity index (χ0) is 27.6. The van der Waals surface area contributed by atoms with Gasteiger partial charge in [-0.15, -0.1) is 0 Å². The molecular weight excluding hydrogens is 496 g/mol. The summed E-state index contributed by atoms with van der Waals surface area (Å²) >= 11 is 0. The van der Waals surface area contributed by atoms with Crippen LogP contribution < -0.4 is 21.3 Å². The predicted octanol–water partition coefficient (Wildman–Crippen LogP) is 7.42. The van der Waals surface area contributed by atoms with Crippen molar-refractivity contribution in [1.29, 1.82) is 0 Å². The largest absolute Gasteiger partial charge is 0.381 e. The second-order valence-corrected chi connectivity index (χ2v) is 9.32. The zero-order valence-electron chi connectivity index (χ0n) is 21.9. The van der Waals surface area contributed by atoms with E-state index in [-0.39, 0.29) is 11.8 Å². The van der Waals surface area contributed by atoms with E-state index in [1.54, 1.807) is 18.2 Å². The van der Waals surface area contributed by atoms with E-state index in [4.69, 9.17) is 0 Å². The lowest BCUT2D eigenvalue weighted by molar-refractivity contribution is 0.101. The van der Waals surface area contributed by atoms with Gasteiger partial charge in [-0.05, 0) is 83.9 Å². The minimum absolute atomic E-state index is 0.146. The number of hydrogen-bond donors (Lipinski definition) is 4. The van der Waals surface area contributed by atoms with E-state index in [9.17, 15) is 9.59 Å². The Labute approximate surface area is 234 Å². The summed E-state index contributed by atoms with van der Waals surface area (Å²) in [5, 5.41) is 12.6. The third-order valence-electron chi connectivity index (χ3n) is 6.35.